The minimum Gasteiger partial charge on any atom is -0.251 e. The van der Waals surface area contributed by atoms with Crippen molar-refractivity contribution in [3.63, 3.8) is 0 Å². The Morgan fingerprint density at radius 1 is 1.20 bits per heavy atom. The topological polar surface area (TPSA) is 12.9 Å². The Hall–Kier alpha value is -1.06. The highest BCUT2D eigenvalue weighted by atomic mass is 19.4. The number of nitrogens with zero attached hydrogens (tertiary/aromatic N) is 1. The summed E-state index contributed by atoms with van der Waals surface area (Å²) in [5, 5.41) is 0. The van der Waals surface area contributed by atoms with E-state index in [1.165, 1.54) is 12.3 Å². The zero-order chi connectivity index (χ0) is 11.7. The van der Waals surface area contributed by atoms with Gasteiger partial charge in [-0.15, -0.1) is 0 Å². The zero-order valence-electron chi connectivity index (χ0n) is 9.02. The molecule has 1 rings (SSSR count). The molecule has 0 aromatic carbocycles. The average Bonchev–Trinajstić information content (AvgIpc) is 2.17. The normalized spacial score (nSPS) is 12.9. The Bertz CT molecular complexity index is 325. The molecule has 1 aromatic rings. The molecular weight excluding hydrogens is 203 g/mol. The minimum absolute atomic E-state index is 0.128. The van der Waals surface area contributed by atoms with Gasteiger partial charge < -0.3 is 0 Å². The van der Waals surface area contributed by atoms with Crippen molar-refractivity contribution >= 4 is 0 Å². The standard InChI is InChI=1S/C11H14F3N/c1-4-10(2,3)8-5-6-9(15-7-8)11(12,13)14/h5-7H,4H2,1-3H3. The number of hydrogen-bond donors (Lipinski definition) is 0. The van der Waals surface area contributed by atoms with Crippen LogP contribution in [-0.2, 0) is 11.6 Å². The molecule has 0 bridgehead atoms. The highest BCUT2D eigenvalue weighted by molar-refractivity contribution is 5.22. The molecule has 0 spiro atoms. The molecule has 1 aromatic heterocycles. The van der Waals surface area contributed by atoms with Crippen molar-refractivity contribution in [3.8, 4) is 0 Å². The van der Waals surface area contributed by atoms with Crippen molar-refractivity contribution in [2.75, 3.05) is 0 Å². The van der Waals surface area contributed by atoms with E-state index in [9.17, 15) is 13.2 Å². The quantitative estimate of drug-likeness (QED) is 0.734. The van der Waals surface area contributed by atoms with Crippen molar-refractivity contribution in [3.05, 3.63) is 29.6 Å². The van der Waals surface area contributed by atoms with Crippen LogP contribution in [0.25, 0.3) is 0 Å². The van der Waals surface area contributed by atoms with E-state index in [4.69, 9.17) is 0 Å². The first-order valence-electron chi connectivity index (χ1n) is 4.81. The Morgan fingerprint density at radius 3 is 2.13 bits per heavy atom. The van der Waals surface area contributed by atoms with Gasteiger partial charge in [-0.3, -0.25) is 4.98 Å². The third kappa shape index (κ3) is 2.70. The summed E-state index contributed by atoms with van der Waals surface area (Å²) in [5.74, 6) is 0. The lowest BCUT2D eigenvalue weighted by Gasteiger charge is -2.23. The second-order valence-corrected chi connectivity index (χ2v) is 4.17. The Labute approximate surface area is 87.3 Å². The van der Waals surface area contributed by atoms with Crippen molar-refractivity contribution in [1.29, 1.82) is 0 Å². The van der Waals surface area contributed by atoms with Gasteiger partial charge in [0.2, 0.25) is 0 Å². The highest BCUT2D eigenvalue weighted by Gasteiger charge is 2.32. The van der Waals surface area contributed by atoms with Crippen molar-refractivity contribution < 1.29 is 13.2 Å². The fourth-order valence-corrected chi connectivity index (χ4v) is 1.17. The van der Waals surface area contributed by atoms with Gasteiger partial charge in [0.15, 0.2) is 0 Å². The van der Waals surface area contributed by atoms with E-state index >= 15 is 0 Å². The molecular formula is C11H14F3N. The molecule has 0 aliphatic heterocycles. The van der Waals surface area contributed by atoms with Crippen LogP contribution in [0.5, 0.6) is 0 Å². The second-order valence-electron chi connectivity index (χ2n) is 4.17. The number of aromatic nitrogens is 1. The molecule has 4 heteroatoms. The molecule has 0 amide bonds. The molecule has 0 saturated heterocycles. The third-order valence-electron chi connectivity index (χ3n) is 2.72. The predicted molar refractivity (Wildman–Crippen MR) is 52.6 cm³/mol. The molecule has 0 atom stereocenters. The van der Waals surface area contributed by atoms with Crippen LogP contribution in [0.4, 0.5) is 13.2 Å². The SMILES string of the molecule is CCC(C)(C)c1ccc(C(F)(F)F)nc1. The summed E-state index contributed by atoms with van der Waals surface area (Å²) in [4.78, 5) is 3.44. The van der Waals surface area contributed by atoms with Gasteiger partial charge in [-0.1, -0.05) is 26.8 Å². The van der Waals surface area contributed by atoms with Crippen LogP contribution in [0.1, 0.15) is 38.4 Å². The summed E-state index contributed by atoms with van der Waals surface area (Å²) in [5.41, 5.74) is -0.131. The first-order valence-corrected chi connectivity index (χ1v) is 4.81. The number of alkyl halides is 3. The lowest BCUT2D eigenvalue weighted by atomic mass is 9.83. The van der Waals surface area contributed by atoms with Gasteiger partial charge in [-0.25, -0.2) is 0 Å². The Kier molecular flexibility index (Phi) is 3.07. The van der Waals surface area contributed by atoms with E-state index < -0.39 is 11.9 Å². The summed E-state index contributed by atoms with van der Waals surface area (Å²) in [7, 11) is 0. The Morgan fingerprint density at radius 2 is 1.80 bits per heavy atom. The molecule has 0 aliphatic carbocycles. The van der Waals surface area contributed by atoms with Gasteiger partial charge in [-0.05, 0) is 23.5 Å². The minimum atomic E-state index is -4.35. The lowest BCUT2D eigenvalue weighted by Crippen LogP contribution is -2.17. The number of pyridine rings is 1. The molecule has 0 aliphatic rings. The van der Waals surface area contributed by atoms with E-state index in [0.717, 1.165) is 18.1 Å². The van der Waals surface area contributed by atoms with Crippen molar-refractivity contribution in [2.45, 2.75) is 38.8 Å². The lowest BCUT2D eigenvalue weighted by molar-refractivity contribution is -0.141. The van der Waals surface area contributed by atoms with E-state index in [-0.39, 0.29) is 5.41 Å². The van der Waals surface area contributed by atoms with Gasteiger partial charge in [0.05, 0.1) is 0 Å². The molecule has 0 N–H and O–H groups in total. The molecule has 0 fully saturated rings. The van der Waals surface area contributed by atoms with E-state index in [1.54, 1.807) is 0 Å². The highest BCUT2D eigenvalue weighted by Crippen LogP contribution is 2.30. The molecule has 15 heavy (non-hydrogen) atoms. The summed E-state index contributed by atoms with van der Waals surface area (Å²) < 4.78 is 36.7. The van der Waals surface area contributed by atoms with E-state index in [0.29, 0.717) is 0 Å². The van der Waals surface area contributed by atoms with Crippen molar-refractivity contribution in [1.82, 2.24) is 4.98 Å². The summed E-state index contributed by atoms with van der Waals surface area (Å²) >= 11 is 0. The first-order chi connectivity index (χ1) is 6.77. The van der Waals surface area contributed by atoms with Gasteiger partial charge in [0, 0.05) is 6.20 Å². The van der Waals surface area contributed by atoms with Crippen molar-refractivity contribution in [2.24, 2.45) is 0 Å². The number of halogens is 3. The molecule has 84 valence electrons. The molecule has 1 heterocycles. The van der Waals surface area contributed by atoms with Crippen LogP contribution < -0.4 is 0 Å². The molecule has 0 saturated carbocycles. The molecule has 0 radical (unpaired) electrons. The fraction of sp³-hybridized carbons (Fsp3) is 0.545. The van der Waals surface area contributed by atoms with Crippen LogP contribution in [0.3, 0.4) is 0 Å². The van der Waals surface area contributed by atoms with Gasteiger partial charge >= 0.3 is 6.18 Å². The van der Waals surface area contributed by atoms with E-state index in [2.05, 4.69) is 4.98 Å². The zero-order valence-corrected chi connectivity index (χ0v) is 9.02. The maximum Gasteiger partial charge on any atom is 0.433 e. The van der Waals surface area contributed by atoms with Crippen LogP contribution in [-0.4, -0.2) is 4.98 Å². The van der Waals surface area contributed by atoms with Crippen LogP contribution in [0, 0.1) is 0 Å². The smallest absolute Gasteiger partial charge is 0.251 e. The largest absolute Gasteiger partial charge is 0.433 e. The summed E-state index contributed by atoms with van der Waals surface area (Å²) in [6, 6.07) is 2.53. The number of hydrogen-bond acceptors (Lipinski definition) is 1. The molecule has 0 unspecified atom stereocenters. The molecule has 1 nitrogen and oxygen atoms in total. The van der Waals surface area contributed by atoms with E-state index in [1.807, 2.05) is 20.8 Å². The maximum atomic E-state index is 12.2. The summed E-state index contributed by atoms with van der Waals surface area (Å²) in [6.45, 7) is 5.96. The van der Waals surface area contributed by atoms with Gasteiger partial charge in [0.25, 0.3) is 0 Å². The monoisotopic (exact) mass is 217 g/mol. The average molecular weight is 217 g/mol. The first kappa shape index (κ1) is 12.0. The Balaban J connectivity index is 3.01. The number of rotatable bonds is 2. The second kappa shape index (κ2) is 3.83. The summed E-state index contributed by atoms with van der Waals surface area (Å²) in [6.07, 6.45) is -2.18. The van der Waals surface area contributed by atoms with Gasteiger partial charge in [0.1, 0.15) is 5.69 Å². The van der Waals surface area contributed by atoms with Crippen LogP contribution >= 0.6 is 0 Å². The fourth-order valence-electron chi connectivity index (χ4n) is 1.17. The van der Waals surface area contributed by atoms with Gasteiger partial charge in [-0.2, -0.15) is 13.2 Å². The maximum absolute atomic E-state index is 12.2. The van der Waals surface area contributed by atoms with Crippen LogP contribution in [0.15, 0.2) is 18.3 Å². The van der Waals surface area contributed by atoms with Crippen LogP contribution in [0.2, 0.25) is 0 Å². The third-order valence-corrected chi connectivity index (χ3v) is 2.72. The predicted octanol–water partition coefficient (Wildman–Crippen LogP) is 3.79.